The molecule has 0 atom stereocenters. The van der Waals surface area contributed by atoms with Crippen LogP contribution in [0.5, 0.6) is 0 Å². The Labute approximate surface area is 110 Å². The number of hydrogen-bond donors (Lipinski definition) is 1. The highest BCUT2D eigenvalue weighted by Gasteiger charge is 2.19. The standard InChI is InChI=1S/C11H14ClN3O3/c1-14(2)7-6-13-11(16)8-4-3-5-9(10(8)12)15(17)18/h3-5H,6-7H2,1-2H3,(H,13,16). The molecular formula is C11H14ClN3O3. The van der Waals surface area contributed by atoms with Crippen LogP contribution in [0.3, 0.4) is 0 Å². The van der Waals surface area contributed by atoms with Crippen molar-refractivity contribution in [1.29, 1.82) is 0 Å². The molecule has 0 fully saturated rings. The van der Waals surface area contributed by atoms with Gasteiger partial charge < -0.3 is 10.2 Å². The number of nitrogens with one attached hydrogen (secondary N) is 1. The molecule has 18 heavy (non-hydrogen) atoms. The molecule has 0 saturated heterocycles. The van der Waals surface area contributed by atoms with Crippen molar-refractivity contribution in [2.24, 2.45) is 0 Å². The largest absolute Gasteiger partial charge is 0.351 e. The third kappa shape index (κ3) is 3.68. The highest BCUT2D eigenvalue weighted by molar-refractivity contribution is 6.35. The average molecular weight is 272 g/mol. The van der Waals surface area contributed by atoms with E-state index in [0.717, 1.165) is 0 Å². The summed E-state index contributed by atoms with van der Waals surface area (Å²) in [7, 11) is 3.76. The molecule has 0 heterocycles. The summed E-state index contributed by atoms with van der Waals surface area (Å²) in [6, 6.07) is 4.16. The fraction of sp³-hybridized carbons (Fsp3) is 0.364. The highest BCUT2D eigenvalue weighted by Crippen LogP contribution is 2.27. The van der Waals surface area contributed by atoms with Gasteiger partial charge in [0.15, 0.2) is 0 Å². The maximum atomic E-state index is 11.8. The van der Waals surface area contributed by atoms with E-state index in [1.165, 1.54) is 18.2 Å². The van der Waals surface area contributed by atoms with E-state index in [2.05, 4.69) is 5.32 Å². The fourth-order valence-electron chi connectivity index (χ4n) is 1.32. The molecule has 0 aromatic heterocycles. The molecule has 1 aromatic carbocycles. The maximum absolute atomic E-state index is 11.8. The second kappa shape index (κ2) is 6.32. The summed E-state index contributed by atoms with van der Waals surface area (Å²) in [5.41, 5.74) is -0.151. The second-order valence-corrected chi connectivity index (χ2v) is 4.33. The van der Waals surface area contributed by atoms with E-state index in [1.54, 1.807) is 0 Å². The number of hydrogen-bond acceptors (Lipinski definition) is 4. The van der Waals surface area contributed by atoms with Crippen LogP contribution in [0, 0.1) is 10.1 Å². The van der Waals surface area contributed by atoms with Gasteiger partial charge >= 0.3 is 0 Å². The number of nitro benzene ring substituents is 1. The molecule has 1 aromatic rings. The van der Waals surface area contributed by atoms with Gasteiger partial charge in [0, 0.05) is 19.2 Å². The predicted molar refractivity (Wildman–Crippen MR) is 69.0 cm³/mol. The first-order valence-corrected chi connectivity index (χ1v) is 5.67. The lowest BCUT2D eigenvalue weighted by atomic mass is 10.2. The Morgan fingerprint density at radius 3 is 2.72 bits per heavy atom. The van der Waals surface area contributed by atoms with Crippen molar-refractivity contribution in [3.63, 3.8) is 0 Å². The quantitative estimate of drug-likeness (QED) is 0.651. The molecule has 0 aliphatic rings. The molecule has 1 N–H and O–H groups in total. The lowest BCUT2D eigenvalue weighted by molar-refractivity contribution is -0.384. The third-order valence-corrected chi connectivity index (χ3v) is 2.66. The van der Waals surface area contributed by atoms with Gasteiger partial charge in [-0.15, -0.1) is 0 Å². The minimum Gasteiger partial charge on any atom is -0.351 e. The van der Waals surface area contributed by atoms with Crippen LogP contribution in [0.4, 0.5) is 5.69 Å². The van der Waals surface area contributed by atoms with Crippen LogP contribution in [-0.2, 0) is 0 Å². The molecule has 0 bridgehead atoms. The Balaban J connectivity index is 2.80. The number of rotatable bonds is 5. The summed E-state index contributed by atoms with van der Waals surface area (Å²) < 4.78 is 0. The summed E-state index contributed by atoms with van der Waals surface area (Å²) in [5, 5.41) is 13.2. The Morgan fingerprint density at radius 1 is 1.50 bits per heavy atom. The molecule has 0 unspecified atom stereocenters. The number of nitro groups is 1. The van der Waals surface area contributed by atoms with Crippen molar-refractivity contribution in [3.05, 3.63) is 38.9 Å². The van der Waals surface area contributed by atoms with Crippen molar-refractivity contribution < 1.29 is 9.72 Å². The molecule has 1 rings (SSSR count). The van der Waals surface area contributed by atoms with Gasteiger partial charge in [-0.1, -0.05) is 17.7 Å². The zero-order valence-corrected chi connectivity index (χ0v) is 10.9. The van der Waals surface area contributed by atoms with Crippen LogP contribution in [-0.4, -0.2) is 42.9 Å². The zero-order chi connectivity index (χ0) is 13.7. The van der Waals surface area contributed by atoms with E-state index in [4.69, 9.17) is 11.6 Å². The summed E-state index contributed by atoms with van der Waals surface area (Å²) in [5.74, 6) is -0.412. The first kappa shape index (κ1) is 14.4. The summed E-state index contributed by atoms with van der Waals surface area (Å²) in [6.45, 7) is 1.13. The first-order chi connectivity index (χ1) is 8.43. The van der Waals surface area contributed by atoms with Crippen molar-refractivity contribution in [2.75, 3.05) is 27.2 Å². The molecule has 0 aliphatic carbocycles. The van der Waals surface area contributed by atoms with Gasteiger partial charge in [-0.25, -0.2) is 0 Å². The van der Waals surface area contributed by atoms with Gasteiger partial charge in [0.1, 0.15) is 5.02 Å². The topological polar surface area (TPSA) is 75.5 Å². The molecule has 0 saturated carbocycles. The van der Waals surface area contributed by atoms with Crippen molar-refractivity contribution in [1.82, 2.24) is 10.2 Å². The van der Waals surface area contributed by atoms with Gasteiger partial charge in [-0.05, 0) is 20.2 Å². The van der Waals surface area contributed by atoms with Crippen LogP contribution < -0.4 is 5.32 Å². The van der Waals surface area contributed by atoms with E-state index in [1.807, 2.05) is 19.0 Å². The second-order valence-electron chi connectivity index (χ2n) is 3.95. The van der Waals surface area contributed by atoms with E-state index >= 15 is 0 Å². The van der Waals surface area contributed by atoms with Crippen LogP contribution in [0.2, 0.25) is 5.02 Å². The number of likely N-dealkylation sites (N-methyl/N-ethyl adjacent to an activating group) is 1. The van der Waals surface area contributed by atoms with Gasteiger partial charge in [-0.3, -0.25) is 14.9 Å². The van der Waals surface area contributed by atoms with Crippen LogP contribution in [0.15, 0.2) is 18.2 Å². The Hall–Kier alpha value is -1.66. The number of carbonyl (C=O) groups is 1. The molecule has 7 heteroatoms. The van der Waals surface area contributed by atoms with Gasteiger partial charge in [0.2, 0.25) is 0 Å². The van der Waals surface area contributed by atoms with E-state index in [0.29, 0.717) is 13.1 Å². The third-order valence-electron chi connectivity index (χ3n) is 2.26. The number of nitrogens with zero attached hydrogens (tertiary/aromatic N) is 2. The normalized spacial score (nSPS) is 10.4. The SMILES string of the molecule is CN(C)CCNC(=O)c1cccc([N+](=O)[O-])c1Cl. The molecule has 0 radical (unpaired) electrons. The highest BCUT2D eigenvalue weighted by atomic mass is 35.5. The van der Waals surface area contributed by atoms with Crippen molar-refractivity contribution >= 4 is 23.2 Å². The van der Waals surface area contributed by atoms with E-state index in [-0.39, 0.29) is 16.3 Å². The smallest absolute Gasteiger partial charge is 0.288 e. The van der Waals surface area contributed by atoms with E-state index in [9.17, 15) is 14.9 Å². The molecule has 98 valence electrons. The van der Waals surface area contributed by atoms with Crippen molar-refractivity contribution in [3.8, 4) is 0 Å². The predicted octanol–water partition coefficient (Wildman–Crippen LogP) is 1.54. The summed E-state index contributed by atoms with van der Waals surface area (Å²) in [4.78, 5) is 23.8. The van der Waals surface area contributed by atoms with Crippen molar-refractivity contribution in [2.45, 2.75) is 0 Å². The average Bonchev–Trinajstić information content (AvgIpc) is 2.28. The minimum atomic E-state index is -0.612. The number of halogens is 1. The number of carbonyl (C=O) groups excluding carboxylic acids is 1. The van der Waals surface area contributed by atoms with Crippen LogP contribution in [0.25, 0.3) is 0 Å². The Kier molecular flexibility index (Phi) is 5.06. The van der Waals surface area contributed by atoms with Gasteiger partial charge in [-0.2, -0.15) is 0 Å². The molecule has 1 amide bonds. The Morgan fingerprint density at radius 2 is 2.17 bits per heavy atom. The lowest BCUT2D eigenvalue weighted by Gasteiger charge is -2.10. The molecule has 0 spiro atoms. The van der Waals surface area contributed by atoms with Gasteiger partial charge in [0.25, 0.3) is 11.6 Å². The summed E-state index contributed by atoms with van der Waals surface area (Å²) >= 11 is 5.83. The Bertz CT molecular complexity index is 463. The monoisotopic (exact) mass is 271 g/mol. The molecule has 0 aliphatic heterocycles. The molecular weight excluding hydrogens is 258 g/mol. The summed E-state index contributed by atoms with van der Waals surface area (Å²) in [6.07, 6.45) is 0. The minimum absolute atomic E-state index is 0.115. The van der Waals surface area contributed by atoms with Crippen LogP contribution >= 0.6 is 11.6 Å². The van der Waals surface area contributed by atoms with E-state index < -0.39 is 10.8 Å². The lowest BCUT2D eigenvalue weighted by Crippen LogP contribution is -2.31. The fourth-order valence-corrected chi connectivity index (χ4v) is 1.61. The number of benzene rings is 1. The first-order valence-electron chi connectivity index (χ1n) is 5.29. The zero-order valence-electron chi connectivity index (χ0n) is 10.1. The van der Waals surface area contributed by atoms with Gasteiger partial charge in [0.05, 0.1) is 10.5 Å². The number of amides is 1. The van der Waals surface area contributed by atoms with Crippen LogP contribution in [0.1, 0.15) is 10.4 Å². The maximum Gasteiger partial charge on any atom is 0.288 e. The molecule has 6 nitrogen and oxygen atoms in total.